The second-order valence-corrected chi connectivity index (χ2v) is 10.1. The molecule has 0 saturated heterocycles. The molecule has 0 spiro atoms. The summed E-state index contributed by atoms with van der Waals surface area (Å²) in [5.74, 6) is 0.869. The predicted octanol–water partition coefficient (Wildman–Crippen LogP) is 6.57. The molecule has 2 rings (SSSR count). The lowest BCUT2D eigenvalue weighted by Crippen LogP contribution is -2.49. The quantitative estimate of drug-likeness (QED) is 0.330. The van der Waals surface area contributed by atoms with E-state index in [1.165, 1.54) is 16.7 Å². The molecule has 0 bridgehead atoms. The van der Waals surface area contributed by atoms with Gasteiger partial charge < -0.3 is 10.2 Å². The van der Waals surface area contributed by atoms with Crippen LogP contribution in [0.4, 0.5) is 0 Å². The minimum atomic E-state index is -0.536. The summed E-state index contributed by atoms with van der Waals surface area (Å²) in [5, 5.41) is 3.88. The Morgan fingerprint density at radius 3 is 2.30 bits per heavy atom. The van der Waals surface area contributed by atoms with Crippen LogP contribution in [0, 0.1) is 13.8 Å². The molecule has 0 saturated carbocycles. The van der Waals surface area contributed by atoms with E-state index >= 15 is 0 Å². The number of nitrogens with zero attached hydrogens (tertiary/aromatic N) is 1. The molecule has 4 nitrogen and oxygen atoms in total. The number of nitrogens with one attached hydrogen (secondary N) is 1. The molecule has 180 valence electrons. The number of halogens is 2. The van der Waals surface area contributed by atoms with Gasteiger partial charge in [0.05, 0.1) is 15.8 Å². The van der Waals surface area contributed by atoms with Crippen LogP contribution in [0.2, 0.25) is 10.0 Å². The number of unbranched alkanes of at least 4 members (excludes halogenated alkanes) is 1. The third kappa shape index (κ3) is 8.88. The molecule has 0 fully saturated rings. The highest BCUT2D eigenvalue weighted by atomic mass is 35.5. The van der Waals surface area contributed by atoms with Gasteiger partial charge in [0, 0.05) is 18.8 Å². The number of thioether (sulfide) groups is 1. The topological polar surface area (TPSA) is 49.4 Å². The first-order valence-corrected chi connectivity index (χ1v) is 13.3. The van der Waals surface area contributed by atoms with Gasteiger partial charge in [-0.1, -0.05) is 78.9 Å². The number of rotatable bonds is 12. The molecule has 1 N–H and O–H groups in total. The van der Waals surface area contributed by atoms with Crippen molar-refractivity contribution in [3.63, 3.8) is 0 Å². The Bertz CT molecular complexity index is 932. The van der Waals surface area contributed by atoms with Crippen LogP contribution >= 0.6 is 35.0 Å². The molecule has 0 aliphatic heterocycles. The van der Waals surface area contributed by atoms with E-state index in [-0.39, 0.29) is 11.8 Å². The van der Waals surface area contributed by atoms with Gasteiger partial charge in [0.1, 0.15) is 6.04 Å². The predicted molar refractivity (Wildman–Crippen MR) is 141 cm³/mol. The fourth-order valence-corrected chi connectivity index (χ4v) is 4.92. The number of carbonyl (C=O) groups excluding carboxylic acids is 2. The Morgan fingerprint density at radius 2 is 1.70 bits per heavy atom. The van der Waals surface area contributed by atoms with Gasteiger partial charge in [0.2, 0.25) is 11.8 Å². The van der Waals surface area contributed by atoms with Crippen molar-refractivity contribution in [2.45, 2.75) is 65.3 Å². The minimum Gasteiger partial charge on any atom is -0.354 e. The van der Waals surface area contributed by atoms with Crippen LogP contribution in [0.3, 0.4) is 0 Å². The zero-order valence-electron chi connectivity index (χ0n) is 19.9. The third-order valence-corrected chi connectivity index (χ3v) is 7.06. The Hall–Kier alpha value is -1.69. The van der Waals surface area contributed by atoms with Crippen molar-refractivity contribution in [1.29, 1.82) is 0 Å². The SMILES string of the molecule is CCCCNC(=O)[C@H](CC)N(Cc1ccc(Cl)c(Cl)c1)C(=O)CSCc1cc(C)cc(C)c1. The van der Waals surface area contributed by atoms with Crippen LogP contribution in [0.15, 0.2) is 36.4 Å². The molecule has 0 aromatic heterocycles. The molecule has 0 radical (unpaired) electrons. The normalized spacial score (nSPS) is 11.8. The monoisotopic (exact) mass is 508 g/mol. The highest BCUT2D eigenvalue weighted by Gasteiger charge is 2.28. The van der Waals surface area contributed by atoms with Crippen LogP contribution in [0.1, 0.15) is 55.4 Å². The summed E-state index contributed by atoms with van der Waals surface area (Å²) in [4.78, 5) is 27.9. The van der Waals surface area contributed by atoms with Crippen molar-refractivity contribution in [2.75, 3.05) is 12.3 Å². The summed E-state index contributed by atoms with van der Waals surface area (Å²) in [6.07, 6.45) is 2.44. The lowest BCUT2D eigenvalue weighted by molar-refractivity contribution is -0.139. The molecule has 2 aromatic rings. The Kier molecular flexibility index (Phi) is 11.6. The van der Waals surface area contributed by atoms with E-state index in [4.69, 9.17) is 23.2 Å². The maximum Gasteiger partial charge on any atom is 0.242 e. The molecule has 33 heavy (non-hydrogen) atoms. The maximum atomic E-state index is 13.3. The molecular weight excluding hydrogens is 475 g/mol. The van der Waals surface area contributed by atoms with Crippen LogP contribution in [0.5, 0.6) is 0 Å². The van der Waals surface area contributed by atoms with Crippen LogP contribution in [0.25, 0.3) is 0 Å². The van der Waals surface area contributed by atoms with Crippen LogP contribution in [-0.2, 0) is 21.9 Å². The molecule has 0 aliphatic rings. The van der Waals surface area contributed by atoms with Crippen molar-refractivity contribution in [3.8, 4) is 0 Å². The van der Waals surface area contributed by atoms with E-state index < -0.39 is 6.04 Å². The number of carbonyl (C=O) groups is 2. The van der Waals surface area contributed by atoms with Crippen molar-refractivity contribution in [1.82, 2.24) is 10.2 Å². The first kappa shape index (κ1) is 27.6. The molecule has 2 aromatic carbocycles. The Morgan fingerprint density at radius 1 is 1.00 bits per heavy atom. The average molecular weight is 510 g/mol. The van der Waals surface area contributed by atoms with E-state index in [2.05, 4.69) is 44.3 Å². The lowest BCUT2D eigenvalue weighted by atomic mass is 10.1. The summed E-state index contributed by atoms with van der Waals surface area (Å²) < 4.78 is 0. The summed E-state index contributed by atoms with van der Waals surface area (Å²) in [5.41, 5.74) is 4.48. The number of aryl methyl sites for hydroxylation is 2. The van der Waals surface area contributed by atoms with Gasteiger partial charge in [-0.05, 0) is 49.9 Å². The lowest BCUT2D eigenvalue weighted by Gasteiger charge is -2.30. The number of amides is 2. The molecular formula is C26H34Cl2N2O2S. The number of benzene rings is 2. The Balaban J connectivity index is 2.15. The largest absolute Gasteiger partial charge is 0.354 e. The second kappa shape index (κ2) is 13.9. The van der Waals surface area contributed by atoms with Crippen LogP contribution in [-0.4, -0.2) is 35.1 Å². The Labute approximate surface area is 212 Å². The van der Waals surface area contributed by atoms with Gasteiger partial charge in [0.15, 0.2) is 0 Å². The van der Waals surface area contributed by atoms with Gasteiger partial charge >= 0.3 is 0 Å². The molecule has 0 unspecified atom stereocenters. The standard InChI is InChI=1S/C26H34Cl2N2O2S/c1-5-7-10-29-26(32)24(6-2)30(15-20-8-9-22(27)23(28)14-20)25(31)17-33-16-21-12-18(3)11-19(4)13-21/h8-9,11-14,24H,5-7,10,15-17H2,1-4H3,(H,29,32)/t24-/m0/s1. The average Bonchev–Trinajstić information content (AvgIpc) is 2.75. The van der Waals surface area contributed by atoms with Gasteiger partial charge in [-0.2, -0.15) is 0 Å². The minimum absolute atomic E-state index is 0.0621. The van der Waals surface area contributed by atoms with E-state index in [1.54, 1.807) is 28.8 Å². The smallest absolute Gasteiger partial charge is 0.242 e. The third-order valence-electron chi connectivity index (χ3n) is 5.33. The van der Waals surface area contributed by atoms with Gasteiger partial charge in [-0.3, -0.25) is 9.59 Å². The first-order chi connectivity index (χ1) is 15.7. The molecule has 2 amide bonds. The maximum absolute atomic E-state index is 13.3. The van der Waals surface area contributed by atoms with Gasteiger partial charge in [0.25, 0.3) is 0 Å². The van der Waals surface area contributed by atoms with E-state index in [0.717, 1.165) is 24.2 Å². The summed E-state index contributed by atoms with van der Waals surface area (Å²) in [6, 6.07) is 11.2. The first-order valence-electron chi connectivity index (χ1n) is 11.4. The molecule has 1 atom stereocenters. The van der Waals surface area contributed by atoms with Gasteiger partial charge in [-0.25, -0.2) is 0 Å². The zero-order chi connectivity index (χ0) is 24.4. The summed E-state index contributed by atoms with van der Waals surface area (Å²) in [6.45, 7) is 9.09. The molecule has 7 heteroatoms. The summed E-state index contributed by atoms with van der Waals surface area (Å²) >= 11 is 13.8. The second-order valence-electron chi connectivity index (χ2n) is 8.33. The molecule has 0 aliphatic carbocycles. The molecule has 0 heterocycles. The van der Waals surface area contributed by atoms with Crippen molar-refractivity contribution < 1.29 is 9.59 Å². The highest BCUT2D eigenvalue weighted by molar-refractivity contribution is 7.99. The van der Waals surface area contributed by atoms with E-state index in [9.17, 15) is 9.59 Å². The van der Waals surface area contributed by atoms with Gasteiger partial charge in [-0.15, -0.1) is 11.8 Å². The summed E-state index contributed by atoms with van der Waals surface area (Å²) in [7, 11) is 0. The van der Waals surface area contributed by atoms with Crippen molar-refractivity contribution in [2.24, 2.45) is 0 Å². The highest BCUT2D eigenvalue weighted by Crippen LogP contribution is 2.25. The van der Waals surface area contributed by atoms with E-state index in [1.807, 2.05) is 13.0 Å². The van der Waals surface area contributed by atoms with Crippen LogP contribution < -0.4 is 5.32 Å². The zero-order valence-corrected chi connectivity index (χ0v) is 22.2. The fourth-order valence-electron chi connectivity index (χ4n) is 3.75. The fraction of sp³-hybridized carbons (Fsp3) is 0.462. The van der Waals surface area contributed by atoms with Crippen molar-refractivity contribution >= 4 is 46.8 Å². The number of hydrogen-bond acceptors (Lipinski definition) is 3. The van der Waals surface area contributed by atoms with Crippen molar-refractivity contribution in [3.05, 3.63) is 68.7 Å². The van der Waals surface area contributed by atoms with E-state index in [0.29, 0.717) is 35.3 Å². The number of hydrogen-bond donors (Lipinski definition) is 1.